The Hall–Kier alpha value is -0.526. The first-order valence-electron chi connectivity index (χ1n) is 7.06. The Morgan fingerprint density at radius 2 is 1.47 bits per heavy atom. The van der Waals surface area contributed by atoms with Crippen LogP contribution in [0.25, 0.3) is 0 Å². The lowest BCUT2D eigenvalue weighted by Gasteiger charge is -2.25. The van der Waals surface area contributed by atoms with Crippen LogP contribution in [-0.4, -0.2) is 39.4 Å². The van der Waals surface area contributed by atoms with E-state index in [4.69, 9.17) is 0 Å². The van der Waals surface area contributed by atoms with E-state index in [-0.39, 0.29) is 6.04 Å². The van der Waals surface area contributed by atoms with Crippen molar-refractivity contribution in [3.63, 3.8) is 0 Å². The topological polar surface area (TPSA) is 32.3 Å². The molecule has 1 atom stereocenters. The van der Waals surface area contributed by atoms with Gasteiger partial charge < -0.3 is 10.4 Å². The molecular weight excluding hydrogens is 266 g/mol. The van der Waals surface area contributed by atoms with Gasteiger partial charge in [0.25, 0.3) is 0 Å². The summed E-state index contributed by atoms with van der Waals surface area (Å²) in [6.45, 7) is 14.1. The second-order valence-corrected chi connectivity index (χ2v) is 16.9. The van der Waals surface area contributed by atoms with Crippen molar-refractivity contribution in [1.29, 1.82) is 0 Å². The SMILES string of the molecule is C[Si](C)(C)C#CC(O)(C#C[Si](C)(C)C)[C@H]1CCCN1. The van der Waals surface area contributed by atoms with Gasteiger partial charge in [-0.15, -0.1) is 11.1 Å². The lowest BCUT2D eigenvalue weighted by Crippen LogP contribution is -2.46. The Morgan fingerprint density at radius 1 is 1.00 bits per heavy atom. The van der Waals surface area contributed by atoms with E-state index in [0.29, 0.717) is 0 Å². The third-order valence-electron chi connectivity index (χ3n) is 2.82. The molecule has 0 amide bonds. The fourth-order valence-electron chi connectivity index (χ4n) is 1.81. The van der Waals surface area contributed by atoms with Crippen LogP contribution in [0, 0.1) is 22.9 Å². The van der Waals surface area contributed by atoms with Crippen LogP contribution >= 0.6 is 0 Å². The van der Waals surface area contributed by atoms with E-state index in [2.05, 4.69) is 67.5 Å². The third-order valence-corrected chi connectivity index (χ3v) is 4.57. The summed E-state index contributed by atoms with van der Waals surface area (Å²) in [5.41, 5.74) is 5.41. The summed E-state index contributed by atoms with van der Waals surface area (Å²) < 4.78 is 0. The van der Waals surface area contributed by atoms with Crippen molar-refractivity contribution in [2.75, 3.05) is 6.54 Å². The summed E-state index contributed by atoms with van der Waals surface area (Å²) >= 11 is 0. The van der Waals surface area contributed by atoms with Crippen molar-refractivity contribution >= 4 is 16.1 Å². The van der Waals surface area contributed by atoms with Crippen molar-refractivity contribution in [3.8, 4) is 22.9 Å². The molecule has 106 valence electrons. The third kappa shape index (κ3) is 5.97. The van der Waals surface area contributed by atoms with E-state index in [9.17, 15) is 5.11 Å². The van der Waals surface area contributed by atoms with Gasteiger partial charge in [-0.3, -0.25) is 0 Å². The van der Waals surface area contributed by atoms with Gasteiger partial charge in [0.15, 0.2) is 0 Å². The maximum absolute atomic E-state index is 10.9. The minimum Gasteiger partial charge on any atom is -0.366 e. The van der Waals surface area contributed by atoms with E-state index in [1.807, 2.05) is 0 Å². The first-order chi connectivity index (χ1) is 8.52. The van der Waals surface area contributed by atoms with Crippen molar-refractivity contribution in [2.24, 2.45) is 0 Å². The van der Waals surface area contributed by atoms with Crippen LogP contribution in [0.3, 0.4) is 0 Å². The average molecular weight is 294 g/mol. The maximum atomic E-state index is 10.9. The van der Waals surface area contributed by atoms with Gasteiger partial charge in [0.05, 0.1) is 6.04 Å². The molecule has 0 aromatic rings. The van der Waals surface area contributed by atoms with Crippen molar-refractivity contribution in [1.82, 2.24) is 5.32 Å². The van der Waals surface area contributed by atoms with Crippen molar-refractivity contribution in [2.45, 2.75) is 63.8 Å². The van der Waals surface area contributed by atoms with Gasteiger partial charge in [-0.05, 0) is 19.4 Å². The zero-order valence-corrected chi connectivity index (χ0v) is 15.1. The molecule has 0 radical (unpaired) electrons. The summed E-state index contributed by atoms with van der Waals surface area (Å²) in [4.78, 5) is 0. The number of rotatable bonds is 1. The molecule has 2 nitrogen and oxygen atoms in total. The Bertz CT molecular complexity index is 399. The quantitative estimate of drug-likeness (QED) is 0.574. The second kappa shape index (κ2) is 5.85. The highest BCUT2D eigenvalue weighted by molar-refractivity contribution is 6.84. The van der Waals surface area contributed by atoms with E-state index in [0.717, 1.165) is 19.4 Å². The normalized spacial score (nSPS) is 20.3. The first-order valence-corrected chi connectivity index (χ1v) is 14.1. The zero-order valence-electron chi connectivity index (χ0n) is 13.1. The molecule has 19 heavy (non-hydrogen) atoms. The van der Waals surface area contributed by atoms with Gasteiger partial charge in [0.2, 0.25) is 5.60 Å². The van der Waals surface area contributed by atoms with Crippen LogP contribution < -0.4 is 5.32 Å². The number of aliphatic hydroxyl groups is 1. The smallest absolute Gasteiger partial charge is 0.201 e. The molecule has 1 saturated heterocycles. The lowest BCUT2D eigenvalue weighted by molar-refractivity contribution is 0.123. The van der Waals surface area contributed by atoms with Crippen molar-refractivity contribution < 1.29 is 5.11 Å². The summed E-state index contributed by atoms with van der Waals surface area (Å²) in [6, 6.07) is 0.000185. The van der Waals surface area contributed by atoms with Gasteiger partial charge in [-0.2, -0.15) is 0 Å². The van der Waals surface area contributed by atoms with E-state index in [1.54, 1.807) is 0 Å². The van der Waals surface area contributed by atoms with Gasteiger partial charge >= 0.3 is 0 Å². The minimum atomic E-state index is -1.50. The largest absolute Gasteiger partial charge is 0.366 e. The van der Waals surface area contributed by atoms with Gasteiger partial charge in [-0.1, -0.05) is 51.1 Å². The Labute approximate surface area is 120 Å². The molecule has 0 spiro atoms. The number of hydrogen-bond acceptors (Lipinski definition) is 2. The molecular formula is C15H27NOSi2. The molecule has 0 aliphatic carbocycles. The van der Waals surface area contributed by atoms with Crippen LogP contribution in [0.4, 0.5) is 0 Å². The fourth-order valence-corrected chi connectivity index (χ4v) is 2.94. The molecule has 1 aliphatic heterocycles. The summed E-state index contributed by atoms with van der Waals surface area (Å²) in [5, 5.41) is 14.2. The number of hydrogen-bond donors (Lipinski definition) is 2. The highest BCUT2D eigenvalue weighted by Crippen LogP contribution is 2.19. The van der Waals surface area contributed by atoms with Crippen LogP contribution in [-0.2, 0) is 0 Å². The van der Waals surface area contributed by atoms with Gasteiger partial charge in [-0.25, -0.2) is 0 Å². The van der Waals surface area contributed by atoms with Crippen LogP contribution in [0.2, 0.25) is 39.3 Å². The highest BCUT2D eigenvalue weighted by Gasteiger charge is 2.36. The average Bonchev–Trinajstić information content (AvgIpc) is 2.75. The van der Waals surface area contributed by atoms with E-state index < -0.39 is 21.7 Å². The lowest BCUT2D eigenvalue weighted by atomic mass is 9.95. The molecule has 1 rings (SSSR count). The maximum Gasteiger partial charge on any atom is 0.201 e. The van der Waals surface area contributed by atoms with Crippen LogP contribution in [0.1, 0.15) is 12.8 Å². The van der Waals surface area contributed by atoms with Gasteiger partial charge in [0.1, 0.15) is 16.1 Å². The molecule has 0 aromatic heterocycles. The molecule has 0 bridgehead atoms. The van der Waals surface area contributed by atoms with Gasteiger partial charge in [0, 0.05) is 0 Å². The predicted octanol–water partition coefficient (Wildman–Crippen LogP) is 2.23. The molecule has 1 heterocycles. The molecule has 4 heteroatoms. The Kier molecular flexibility index (Phi) is 5.09. The second-order valence-electron chi connectivity index (χ2n) is 7.42. The predicted molar refractivity (Wildman–Crippen MR) is 88.2 cm³/mol. The summed E-state index contributed by atoms with van der Waals surface area (Å²) in [5.74, 6) is 6.21. The van der Waals surface area contributed by atoms with E-state index >= 15 is 0 Å². The fraction of sp³-hybridized carbons (Fsp3) is 0.733. The Balaban J connectivity index is 3.08. The minimum absolute atomic E-state index is 0.000185. The van der Waals surface area contributed by atoms with Crippen molar-refractivity contribution in [3.05, 3.63) is 0 Å². The Morgan fingerprint density at radius 3 is 1.79 bits per heavy atom. The number of nitrogens with one attached hydrogen (secondary N) is 1. The highest BCUT2D eigenvalue weighted by atomic mass is 28.3. The zero-order chi connectivity index (χ0) is 14.7. The first kappa shape index (κ1) is 16.5. The summed E-state index contributed by atoms with van der Waals surface area (Å²) in [6.07, 6.45) is 2.05. The molecule has 0 unspecified atom stereocenters. The van der Waals surface area contributed by atoms with E-state index in [1.165, 1.54) is 0 Å². The van der Waals surface area contributed by atoms with Crippen LogP contribution in [0.15, 0.2) is 0 Å². The van der Waals surface area contributed by atoms with Crippen LogP contribution in [0.5, 0.6) is 0 Å². The summed E-state index contributed by atoms with van der Waals surface area (Å²) in [7, 11) is -3.00. The molecule has 1 aliphatic rings. The molecule has 2 N–H and O–H groups in total. The monoisotopic (exact) mass is 293 g/mol. The molecule has 0 saturated carbocycles. The molecule has 0 aromatic carbocycles. The standard InChI is InChI=1S/C15H27NOSi2/c1-18(2,3)12-9-15(17,10-13-19(4,5)6)14-8-7-11-16-14/h14,16-17H,7-8,11H2,1-6H3/t14-/m1/s1. The molecule has 1 fully saturated rings.